The van der Waals surface area contributed by atoms with Crippen LogP contribution in [-0.4, -0.2) is 48.1 Å². The van der Waals surface area contributed by atoms with Gasteiger partial charge in [-0.1, -0.05) is 25.1 Å². The largest absolute Gasteiger partial charge is 0.322 e. The molecule has 0 bridgehead atoms. The molecule has 0 spiro atoms. The van der Waals surface area contributed by atoms with E-state index in [-0.39, 0.29) is 6.03 Å². The van der Waals surface area contributed by atoms with Crippen LogP contribution in [0.4, 0.5) is 10.5 Å². The summed E-state index contributed by atoms with van der Waals surface area (Å²) in [5.74, 6) is 0. The van der Waals surface area contributed by atoms with Gasteiger partial charge in [-0.15, -0.1) is 0 Å². The number of benzene rings is 1. The summed E-state index contributed by atoms with van der Waals surface area (Å²) < 4.78 is 0. The molecule has 2 heterocycles. The minimum Gasteiger partial charge on any atom is -0.320 e. The molecule has 3 rings (SSSR count). The second-order valence-electron chi connectivity index (χ2n) is 6.44. The van der Waals surface area contributed by atoms with Crippen molar-refractivity contribution in [3.8, 4) is 0 Å². The molecule has 1 N–H and O–H groups in total. The third-order valence-corrected chi connectivity index (χ3v) is 4.95. The van der Waals surface area contributed by atoms with Crippen molar-refractivity contribution in [2.45, 2.75) is 45.1 Å². The maximum atomic E-state index is 12.7. The number of nitrogens with zero attached hydrogens (tertiary/aromatic N) is 2. The summed E-state index contributed by atoms with van der Waals surface area (Å²) >= 11 is 0. The van der Waals surface area contributed by atoms with Crippen molar-refractivity contribution in [2.24, 2.45) is 0 Å². The first-order valence-corrected chi connectivity index (χ1v) is 8.66. The molecule has 4 heteroatoms. The number of hydrogen-bond acceptors (Lipinski definition) is 2. The number of hydrogen-bond donors (Lipinski definition) is 1. The van der Waals surface area contributed by atoms with Gasteiger partial charge in [0.1, 0.15) is 0 Å². The molecule has 22 heavy (non-hydrogen) atoms. The molecular formula is C18H27N3O. The first-order chi connectivity index (χ1) is 10.8. The van der Waals surface area contributed by atoms with Crippen LogP contribution in [-0.2, 0) is 6.42 Å². The number of carbonyl (C=O) groups is 1. The lowest BCUT2D eigenvalue weighted by molar-refractivity contribution is 0.186. The van der Waals surface area contributed by atoms with Crippen LogP contribution in [0, 0.1) is 0 Å². The van der Waals surface area contributed by atoms with Crippen molar-refractivity contribution in [2.75, 3.05) is 31.5 Å². The van der Waals surface area contributed by atoms with Crippen LogP contribution in [0.25, 0.3) is 0 Å². The number of para-hydroxylation sites is 1. The number of nitrogens with one attached hydrogen (secondary N) is 1. The molecule has 0 radical (unpaired) electrons. The summed E-state index contributed by atoms with van der Waals surface area (Å²) in [6, 6.07) is 8.55. The fourth-order valence-corrected chi connectivity index (χ4v) is 3.69. The van der Waals surface area contributed by atoms with E-state index >= 15 is 0 Å². The van der Waals surface area contributed by atoms with Gasteiger partial charge >= 0.3 is 6.03 Å². The van der Waals surface area contributed by atoms with Gasteiger partial charge in [0.15, 0.2) is 0 Å². The molecule has 4 nitrogen and oxygen atoms in total. The predicted octanol–water partition coefficient (Wildman–Crippen LogP) is 3.34. The number of anilines is 1. The molecule has 2 fully saturated rings. The van der Waals surface area contributed by atoms with Gasteiger partial charge in [0, 0.05) is 24.8 Å². The fourth-order valence-electron chi connectivity index (χ4n) is 3.69. The van der Waals surface area contributed by atoms with Gasteiger partial charge in [0.05, 0.1) is 0 Å². The second kappa shape index (κ2) is 7.14. The van der Waals surface area contributed by atoms with Gasteiger partial charge in [-0.25, -0.2) is 4.79 Å². The van der Waals surface area contributed by atoms with E-state index in [2.05, 4.69) is 23.2 Å². The number of aryl methyl sites for hydroxylation is 1. The Hall–Kier alpha value is -1.55. The summed E-state index contributed by atoms with van der Waals surface area (Å²) in [4.78, 5) is 17.2. The van der Waals surface area contributed by atoms with Gasteiger partial charge in [0.2, 0.25) is 0 Å². The van der Waals surface area contributed by atoms with Crippen molar-refractivity contribution >= 4 is 11.7 Å². The van der Waals surface area contributed by atoms with Gasteiger partial charge in [-0.05, 0) is 56.8 Å². The van der Waals surface area contributed by atoms with E-state index < -0.39 is 0 Å². The molecule has 1 aromatic rings. The topological polar surface area (TPSA) is 35.6 Å². The van der Waals surface area contributed by atoms with Crippen LogP contribution in [0.15, 0.2) is 24.3 Å². The fraction of sp³-hybridized carbons (Fsp3) is 0.611. The number of urea groups is 1. The van der Waals surface area contributed by atoms with E-state index in [1.165, 1.54) is 31.5 Å². The summed E-state index contributed by atoms with van der Waals surface area (Å²) in [6.45, 7) is 6.45. The van der Waals surface area contributed by atoms with Crippen molar-refractivity contribution in [3.63, 3.8) is 0 Å². The Morgan fingerprint density at radius 1 is 1.18 bits per heavy atom. The lowest BCUT2D eigenvalue weighted by Gasteiger charge is -2.29. The predicted molar refractivity (Wildman–Crippen MR) is 90.2 cm³/mol. The van der Waals surface area contributed by atoms with E-state index in [4.69, 9.17) is 0 Å². The Bertz CT molecular complexity index is 511. The van der Waals surface area contributed by atoms with Crippen molar-refractivity contribution < 1.29 is 4.79 Å². The zero-order valence-electron chi connectivity index (χ0n) is 13.6. The van der Waals surface area contributed by atoms with E-state index in [1.807, 2.05) is 23.1 Å². The highest BCUT2D eigenvalue weighted by molar-refractivity contribution is 5.90. The summed E-state index contributed by atoms with van der Waals surface area (Å²) in [5.41, 5.74) is 2.16. The summed E-state index contributed by atoms with van der Waals surface area (Å²) in [7, 11) is 0. The Morgan fingerprint density at radius 3 is 2.73 bits per heavy atom. The van der Waals surface area contributed by atoms with Crippen molar-refractivity contribution in [3.05, 3.63) is 29.8 Å². The summed E-state index contributed by atoms with van der Waals surface area (Å²) in [5, 5.41) is 3.13. The molecule has 0 aliphatic carbocycles. The average molecular weight is 301 g/mol. The van der Waals surface area contributed by atoms with Gasteiger partial charge in [0.25, 0.3) is 0 Å². The molecule has 1 aromatic carbocycles. The van der Waals surface area contributed by atoms with E-state index in [9.17, 15) is 4.79 Å². The molecule has 2 saturated heterocycles. The Balaban J connectivity index is 1.62. The summed E-state index contributed by atoms with van der Waals surface area (Å²) in [6.07, 6.45) is 5.82. The molecule has 0 aromatic heterocycles. The van der Waals surface area contributed by atoms with Crippen LogP contribution >= 0.6 is 0 Å². The maximum absolute atomic E-state index is 12.7. The third kappa shape index (κ3) is 3.43. The minimum atomic E-state index is 0.0718. The van der Waals surface area contributed by atoms with Crippen molar-refractivity contribution in [1.82, 2.24) is 9.80 Å². The molecule has 2 amide bonds. The minimum absolute atomic E-state index is 0.0718. The highest BCUT2D eigenvalue weighted by Gasteiger charge is 2.31. The van der Waals surface area contributed by atoms with Crippen LogP contribution in [0.1, 0.15) is 38.2 Å². The SMILES string of the molecule is CCc1ccccc1NC(=O)N1CCCC1CN1CCCC1. The Labute approximate surface area is 133 Å². The van der Waals surface area contributed by atoms with E-state index in [0.717, 1.165) is 38.0 Å². The highest BCUT2D eigenvalue weighted by Crippen LogP contribution is 2.23. The average Bonchev–Trinajstić information content (AvgIpc) is 3.20. The smallest absolute Gasteiger partial charge is 0.320 e. The molecular weight excluding hydrogens is 274 g/mol. The van der Waals surface area contributed by atoms with E-state index in [1.54, 1.807) is 0 Å². The standard InChI is InChI=1S/C18H27N3O/c1-2-15-8-3-4-10-17(15)19-18(22)21-13-7-9-16(21)14-20-11-5-6-12-20/h3-4,8,10,16H,2,5-7,9,11-14H2,1H3,(H,19,22). The first kappa shape index (κ1) is 15.3. The van der Waals surface area contributed by atoms with Crippen molar-refractivity contribution in [1.29, 1.82) is 0 Å². The Kier molecular flexibility index (Phi) is 4.98. The van der Waals surface area contributed by atoms with Crippen LogP contribution in [0.5, 0.6) is 0 Å². The quantitative estimate of drug-likeness (QED) is 0.926. The molecule has 1 unspecified atom stereocenters. The van der Waals surface area contributed by atoms with Gasteiger partial charge in [-0.3, -0.25) is 0 Å². The maximum Gasteiger partial charge on any atom is 0.322 e. The molecule has 120 valence electrons. The normalized spacial score (nSPS) is 22.2. The third-order valence-electron chi connectivity index (χ3n) is 4.95. The van der Waals surface area contributed by atoms with Crippen LogP contribution in [0.2, 0.25) is 0 Å². The number of amides is 2. The highest BCUT2D eigenvalue weighted by atomic mass is 16.2. The lowest BCUT2D eigenvalue weighted by Crippen LogP contribution is -2.44. The van der Waals surface area contributed by atoms with Gasteiger partial charge < -0.3 is 15.1 Å². The molecule has 2 aliphatic heterocycles. The van der Waals surface area contributed by atoms with Gasteiger partial charge in [-0.2, -0.15) is 0 Å². The molecule has 1 atom stereocenters. The second-order valence-corrected chi connectivity index (χ2v) is 6.44. The first-order valence-electron chi connectivity index (χ1n) is 8.66. The molecule has 0 saturated carbocycles. The Morgan fingerprint density at radius 2 is 1.95 bits per heavy atom. The van der Waals surface area contributed by atoms with E-state index in [0.29, 0.717) is 6.04 Å². The van der Waals surface area contributed by atoms with Crippen LogP contribution < -0.4 is 5.32 Å². The number of carbonyl (C=O) groups excluding carboxylic acids is 1. The zero-order chi connectivity index (χ0) is 15.4. The number of likely N-dealkylation sites (tertiary alicyclic amines) is 2. The number of rotatable bonds is 4. The monoisotopic (exact) mass is 301 g/mol. The lowest BCUT2D eigenvalue weighted by atomic mass is 10.1. The molecule has 2 aliphatic rings. The zero-order valence-corrected chi connectivity index (χ0v) is 13.6. The van der Waals surface area contributed by atoms with Crippen LogP contribution in [0.3, 0.4) is 0 Å².